The Hall–Kier alpha value is -0.760. The molecule has 98 valence electrons. The molecular formula is C16H22OS. The minimum atomic E-state index is 0.452. The Kier molecular flexibility index (Phi) is 5.30. The number of hydrogen-bond acceptors (Lipinski definition) is 2. The average Bonchev–Trinajstić information content (AvgIpc) is 2.38. The standard InChI is InChI=1S/C16H22OS/c1-13-3-2-4-14(11-13)5-6-16(17)12-15-7-9-18-10-8-15/h2-4,11,15H,5-10,12H2,1H3. The molecule has 0 spiro atoms. The number of hydrogen-bond donors (Lipinski definition) is 0. The van der Waals surface area contributed by atoms with Crippen LogP contribution in [0.4, 0.5) is 0 Å². The number of carbonyl (C=O) groups is 1. The quantitative estimate of drug-likeness (QED) is 0.797. The van der Waals surface area contributed by atoms with Crippen LogP contribution in [0, 0.1) is 12.8 Å². The second-order valence-corrected chi connectivity index (χ2v) is 6.51. The summed E-state index contributed by atoms with van der Waals surface area (Å²) in [6, 6.07) is 8.49. The molecule has 1 heterocycles. The predicted molar refractivity (Wildman–Crippen MR) is 79.2 cm³/mol. The Morgan fingerprint density at radius 3 is 2.83 bits per heavy atom. The molecule has 1 fully saturated rings. The van der Waals surface area contributed by atoms with Gasteiger partial charge in [0.1, 0.15) is 5.78 Å². The van der Waals surface area contributed by atoms with Crippen molar-refractivity contribution < 1.29 is 4.79 Å². The third kappa shape index (κ3) is 4.49. The molecule has 1 aliphatic heterocycles. The van der Waals surface area contributed by atoms with Crippen molar-refractivity contribution in [2.24, 2.45) is 5.92 Å². The summed E-state index contributed by atoms with van der Waals surface area (Å²) in [5.41, 5.74) is 2.58. The van der Waals surface area contributed by atoms with Gasteiger partial charge in [-0.05, 0) is 49.2 Å². The van der Waals surface area contributed by atoms with Crippen LogP contribution in [-0.4, -0.2) is 17.3 Å². The molecule has 1 aliphatic rings. The first-order valence-electron chi connectivity index (χ1n) is 6.89. The van der Waals surface area contributed by atoms with E-state index in [-0.39, 0.29) is 0 Å². The van der Waals surface area contributed by atoms with Crippen LogP contribution in [0.5, 0.6) is 0 Å². The fraction of sp³-hybridized carbons (Fsp3) is 0.562. The van der Waals surface area contributed by atoms with Crippen molar-refractivity contribution >= 4 is 17.5 Å². The van der Waals surface area contributed by atoms with E-state index < -0.39 is 0 Å². The van der Waals surface area contributed by atoms with Crippen LogP contribution in [0.3, 0.4) is 0 Å². The van der Waals surface area contributed by atoms with Gasteiger partial charge in [0.2, 0.25) is 0 Å². The Labute approximate surface area is 114 Å². The molecular weight excluding hydrogens is 240 g/mol. The molecule has 0 bridgehead atoms. The van der Waals surface area contributed by atoms with Crippen molar-refractivity contribution in [2.75, 3.05) is 11.5 Å². The summed E-state index contributed by atoms with van der Waals surface area (Å²) in [7, 11) is 0. The van der Waals surface area contributed by atoms with E-state index in [0.29, 0.717) is 18.1 Å². The number of thioether (sulfide) groups is 1. The van der Waals surface area contributed by atoms with Crippen LogP contribution < -0.4 is 0 Å². The second kappa shape index (κ2) is 6.98. The van der Waals surface area contributed by atoms with Crippen LogP contribution in [0.2, 0.25) is 0 Å². The number of aryl methyl sites for hydroxylation is 2. The van der Waals surface area contributed by atoms with E-state index in [9.17, 15) is 4.79 Å². The first kappa shape index (κ1) is 13.7. The molecule has 0 amide bonds. The SMILES string of the molecule is Cc1cccc(CCC(=O)CC2CCSCC2)c1. The van der Waals surface area contributed by atoms with Crippen molar-refractivity contribution in [3.8, 4) is 0 Å². The van der Waals surface area contributed by atoms with Gasteiger partial charge in [0.05, 0.1) is 0 Å². The van der Waals surface area contributed by atoms with Gasteiger partial charge in [0.15, 0.2) is 0 Å². The van der Waals surface area contributed by atoms with Crippen LogP contribution >= 0.6 is 11.8 Å². The van der Waals surface area contributed by atoms with Crippen LogP contribution in [-0.2, 0) is 11.2 Å². The summed E-state index contributed by atoms with van der Waals surface area (Å²) in [5.74, 6) is 3.61. The highest BCUT2D eigenvalue weighted by Crippen LogP contribution is 2.26. The highest BCUT2D eigenvalue weighted by Gasteiger charge is 2.16. The molecule has 0 unspecified atom stereocenters. The lowest BCUT2D eigenvalue weighted by Gasteiger charge is -2.20. The molecule has 0 aromatic heterocycles. The Bertz CT molecular complexity index is 394. The minimum Gasteiger partial charge on any atom is -0.300 e. The maximum absolute atomic E-state index is 12.0. The van der Waals surface area contributed by atoms with E-state index >= 15 is 0 Å². The van der Waals surface area contributed by atoms with Crippen LogP contribution in [0.1, 0.15) is 36.8 Å². The maximum Gasteiger partial charge on any atom is 0.133 e. The predicted octanol–water partition coefficient (Wildman–Crippen LogP) is 4.03. The van der Waals surface area contributed by atoms with Crippen LogP contribution in [0.25, 0.3) is 0 Å². The fourth-order valence-electron chi connectivity index (χ4n) is 2.53. The molecule has 2 rings (SSSR count). The highest BCUT2D eigenvalue weighted by atomic mass is 32.2. The third-order valence-corrected chi connectivity index (χ3v) is 4.68. The van der Waals surface area contributed by atoms with E-state index in [1.54, 1.807) is 0 Å². The molecule has 0 aliphatic carbocycles. The van der Waals surface area contributed by atoms with Gasteiger partial charge >= 0.3 is 0 Å². The second-order valence-electron chi connectivity index (χ2n) is 5.29. The Balaban J connectivity index is 1.74. The molecule has 1 aromatic rings. The van der Waals surface area contributed by atoms with E-state index in [1.165, 1.54) is 35.5 Å². The molecule has 1 saturated heterocycles. The zero-order valence-electron chi connectivity index (χ0n) is 11.2. The topological polar surface area (TPSA) is 17.1 Å². The third-order valence-electron chi connectivity index (χ3n) is 3.63. The van der Waals surface area contributed by atoms with Gasteiger partial charge in [-0.25, -0.2) is 0 Å². The number of benzene rings is 1. The van der Waals surface area contributed by atoms with E-state index in [1.807, 2.05) is 11.8 Å². The largest absolute Gasteiger partial charge is 0.300 e. The van der Waals surface area contributed by atoms with Gasteiger partial charge in [-0.15, -0.1) is 0 Å². The number of rotatable bonds is 5. The summed E-state index contributed by atoms with van der Waals surface area (Å²) < 4.78 is 0. The molecule has 0 radical (unpaired) electrons. The number of carbonyl (C=O) groups excluding carboxylic acids is 1. The molecule has 1 aromatic carbocycles. The average molecular weight is 262 g/mol. The van der Waals surface area contributed by atoms with Crippen molar-refractivity contribution in [1.29, 1.82) is 0 Å². The number of Topliss-reactive ketones (excluding diaryl/α,β-unsaturated/α-hetero) is 1. The van der Waals surface area contributed by atoms with Gasteiger partial charge in [-0.1, -0.05) is 29.8 Å². The molecule has 18 heavy (non-hydrogen) atoms. The smallest absolute Gasteiger partial charge is 0.133 e. The van der Waals surface area contributed by atoms with Gasteiger partial charge in [0, 0.05) is 12.8 Å². The highest BCUT2D eigenvalue weighted by molar-refractivity contribution is 7.99. The van der Waals surface area contributed by atoms with Crippen molar-refractivity contribution in [3.63, 3.8) is 0 Å². The maximum atomic E-state index is 12.0. The molecule has 0 N–H and O–H groups in total. The van der Waals surface area contributed by atoms with Crippen molar-refractivity contribution in [2.45, 2.75) is 39.0 Å². The van der Waals surface area contributed by atoms with E-state index in [4.69, 9.17) is 0 Å². The summed E-state index contributed by atoms with van der Waals surface area (Å²) >= 11 is 2.03. The lowest BCUT2D eigenvalue weighted by molar-refractivity contribution is -0.120. The van der Waals surface area contributed by atoms with E-state index in [0.717, 1.165) is 12.8 Å². The molecule has 0 atom stereocenters. The summed E-state index contributed by atoms with van der Waals surface area (Å²) in [5, 5.41) is 0. The van der Waals surface area contributed by atoms with Gasteiger partial charge in [-0.2, -0.15) is 11.8 Å². The Morgan fingerprint density at radius 2 is 2.11 bits per heavy atom. The number of ketones is 1. The molecule has 1 nitrogen and oxygen atoms in total. The van der Waals surface area contributed by atoms with Crippen molar-refractivity contribution in [1.82, 2.24) is 0 Å². The first-order chi connectivity index (χ1) is 8.74. The fourth-order valence-corrected chi connectivity index (χ4v) is 3.73. The van der Waals surface area contributed by atoms with Gasteiger partial charge < -0.3 is 0 Å². The van der Waals surface area contributed by atoms with E-state index in [2.05, 4.69) is 31.2 Å². The molecule has 0 saturated carbocycles. The zero-order chi connectivity index (χ0) is 12.8. The Morgan fingerprint density at radius 1 is 1.33 bits per heavy atom. The minimum absolute atomic E-state index is 0.452. The van der Waals surface area contributed by atoms with Gasteiger partial charge in [0.25, 0.3) is 0 Å². The van der Waals surface area contributed by atoms with Crippen molar-refractivity contribution in [3.05, 3.63) is 35.4 Å². The summed E-state index contributed by atoms with van der Waals surface area (Å²) in [6.45, 7) is 2.10. The normalized spacial score (nSPS) is 16.7. The summed E-state index contributed by atoms with van der Waals surface area (Å²) in [4.78, 5) is 12.0. The lowest BCUT2D eigenvalue weighted by Crippen LogP contribution is -2.14. The zero-order valence-corrected chi connectivity index (χ0v) is 12.0. The van der Waals surface area contributed by atoms with Crippen LogP contribution in [0.15, 0.2) is 24.3 Å². The summed E-state index contributed by atoms with van der Waals surface area (Å²) in [6.07, 6.45) is 4.91. The first-order valence-corrected chi connectivity index (χ1v) is 8.04. The lowest BCUT2D eigenvalue weighted by atomic mass is 9.94. The monoisotopic (exact) mass is 262 g/mol. The molecule has 2 heteroatoms. The van der Waals surface area contributed by atoms with Gasteiger partial charge in [-0.3, -0.25) is 4.79 Å².